The first-order valence-electron chi connectivity index (χ1n) is 3.58. The van der Waals surface area contributed by atoms with Crippen LogP contribution < -0.4 is 0 Å². The van der Waals surface area contributed by atoms with Crippen LogP contribution in [0.2, 0.25) is 0 Å². The lowest BCUT2D eigenvalue weighted by Crippen LogP contribution is -1.77. The molecule has 1 unspecified atom stereocenters. The molecule has 0 heterocycles. The van der Waals surface area contributed by atoms with E-state index in [1.165, 1.54) is 18.6 Å². The fourth-order valence-corrected chi connectivity index (χ4v) is 4.52. The van der Waals surface area contributed by atoms with Crippen molar-refractivity contribution in [3.63, 3.8) is 0 Å². The number of hydrogen-bond donors (Lipinski definition) is 1. The Labute approximate surface area is 78.5 Å². The largest absolute Gasteiger partial charge is 0.131 e. The summed E-state index contributed by atoms with van der Waals surface area (Å²) in [6.07, 6.45) is 3.61. The fraction of sp³-hybridized carbons (Fsp3) is 1.00. The fourth-order valence-electron chi connectivity index (χ4n) is 0.443. The maximum atomic E-state index is 5.30. The number of thiol groups is 1. The molecule has 0 amide bonds. The highest BCUT2D eigenvalue weighted by Gasteiger charge is 2.06. The maximum absolute atomic E-state index is 5.30. The van der Waals surface area contributed by atoms with E-state index in [-0.39, 0.29) is 0 Å². The van der Waals surface area contributed by atoms with Crippen molar-refractivity contribution < 1.29 is 0 Å². The molecule has 0 saturated carbocycles. The zero-order valence-corrected chi connectivity index (χ0v) is 9.96. The Morgan fingerprint density at radius 3 is 2.50 bits per heavy atom. The van der Waals surface area contributed by atoms with E-state index in [0.717, 1.165) is 6.16 Å². The zero-order valence-electron chi connectivity index (χ0n) is 6.54. The molecule has 1 atom stereocenters. The summed E-state index contributed by atoms with van der Waals surface area (Å²) in [6.45, 7) is 4.33. The molecule has 0 rings (SSSR count). The molecule has 0 saturated heterocycles. The lowest BCUT2D eigenvalue weighted by Gasteiger charge is -2.10. The first-order valence-corrected chi connectivity index (χ1v) is 9.32. The quantitative estimate of drug-likeness (QED) is 0.420. The van der Waals surface area contributed by atoms with E-state index >= 15 is 0 Å². The van der Waals surface area contributed by atoms with Crippen LogP contribution in [0.4, 0.5) is 0 Å². The maximum Gasteiger partial charge on any atom is 0.0540 e. The molecule has 10 heavy (non-hydrogen) atoms. The lowest BCUT2D eigenvalue weighted by molar-refractivity contribution is 0.898. The minimum absolute atomic E-state index is 1.07. The van der Waals surface area contributed by atoms with Crippen molar-refractivity contribution in [1.82, 2.24) is 0 Å². The second kappa shape index (κ2) is 5.93. The minimum Gasteiger partial charge on any atom is -0.131 e. The Bertz CT molecular complexity index is 124. The monoisotopic (exact) mass is 214 g/mol. The van der Waals surface area contributed by atoms with Crippen molar-refractivity contribution in [3.8, 4) is 0 Å². The standard InChI is InChI=1S/C6H15PS3/c1-3-5-6-10-7(8,9)4-2/h3-6H2,1-2H3,(H,8,9). The van der Waals surface area contributed by atoms with Crippen LogP contribution in [0.1, 0.15) is 26.7 Å². The summed E-state index contributed by atoms with van der Waals surface area (Å²) in [6, 6.07) is 0. The second-order valence-electron chi connectivity index (χ2n) is 2.14. The molecule has 62 valence electrons. The van der Waals surface area contributed by atoms with Gasteiger partial charge in [0, 0.05) is 0 Å². The van der Waals surface area contributed by atoms with Gasteiger partial charge in [0.2, 0.25) is 0 Å². The molecule has 0 fully saturated rings. The van der Waals surface area contributed by atoms with Crippen molar-refractivity contribution in [2.75, 3.05) is 11.9 Å². The normalized spacial score (nSPS) is 16.7. The Morgan fingerprint density at radius 1 is 1.50 bits per heavy atom. The van der Waals surface area contributed by atoms with E-state index < -0.39 is 4.44 Å². The highest BCUT2D eigenvalue weighted by molar-refractivity contribution is 8.96. The molecule has 0 aromatic carbocycles. The van der Waals surface area contributed by atoms with Crippen LogP contribution in [0.3, 0.4) is 0 Å². The van der Waals surface area contributed by atoms with Crippen molar-refractivity contribution >= 4 is 39.9 Å². The molecule has 0 bridgehead atoms. The van der Waals surface area contributed by atoms with E-state index in [9.17, 15) is 0 Å². The molecule has 0 radical (unpaired) electrons. The van der Waals surface area contributed by atoms with E-state index in [0.29, 0.717) is 0 Å². The van der Waals surface area contributed by atoms with Crippen LogP contribution in [0, 0.1) is 0 Å². The van der Waals surface area contributed by atoms with Crippen LogP contribution in [0.5, 0.6) is 0 Å². The first kappa shape index (κ1) is 11.4. The third-order valence-corrected chi connectivity index (χ3v) is 9.01. The van der Waals surface area contributed by atoms with Gasteiger partial charge in [-0.15, -0.1) is 23.6 Å². The van der Waals surface area contributed by atoms with Crippen molar-refractivity contribution in [1.29, 1.82) is 0 Å². The van der Waals surface area contributed by atoms with Gasteiger partial charge in [0.1, 0.15) is 0 Å². The number of hydrogen-bond acceptors (Lipinski definition) is 2. The smallest absolute Gasteiger partial charge is 0.0540 e. The molecular formula is C6H15PS3. The topological polar surface area (TPSA) is 0 Å². The van der Waals surface area contributed by atoms with Gasteiger partial charge in [0.25, 0.3) is 0 Å². The van der Waals surface area contributed by atoms with Gasteiger partial charge < -0.3 is 0 Å². The van der Waals surface area contributed by atoms with Gasteiger partial charge in [-0.05, 0) is 18.3 Å². The Morgan fingerprint density at radius 2 is 2.10 bits per heavy atom. The summed E-state index contributed by atoms with van der Waals surface area (Å²) in [7, 11) is 0. The summed E-state index contributed by atoms with van der Waals surface area (Å²) in [5, 5.41) is 0. The third-order valence-electron chi connectivity index (χ3n) is 1.19. The molecule has 0 aromatic rings. The summed E-state index contributed by atoms with van der Waals surface area (Å²) < 4.78 is -1.26. The van der Waals surface area contributed by atoms with Gasteiger partial charge in [-0.1, -0.05) is 32.1 Å². The minimum atomic E-state index is -1.26. The highest BCUT2D eigenvalue weighted by atomic mass is 33.2. The second-order valence-corrected chi connectivity index (χ2v) is 13.6. The summed E-state index contributed by atoms with van der Waals surface area (Å²) in [4.78, 5) is 0. The Kier molecular flexibility index (Phi) is 6.73. The van der Waals surface area contributed by atoms with E-state index in [4.69, 9.17) is 11.8 Å². The summed E-state index contributed by atoms with van der Waals surface area (Å²) in [5.41, 5.74) is 0. The molecule has 0 N–H and O–H groups in total. The molecule has 0 aromatic heterocycles. The molecule has 0 aliphatic heterocycles. The van der Waals surface area contributed by atoms with E-state index in [1.54, 1.807) is 0 Å². The molecule has 4 heteroatoms. The van der Waals surface area contributed by atoms with Gasteiger partial charge in [0.15, 0.2) is 0 Å². The molecule has 0 nitrogen and oxygen atoms in total. The van der Waals surface area contributed by atoms with Crippen LogP contribution in [-0.2, 0) is 11.8 Å². The van der Waals surface area contributed by atoms with Crippen LogP contribution in [-0.4, -0.2) is 11.9 Å². The van der Waals surface area contributed by atoms with Gasteiger partial charge in [-0.3, -0.25) is 0 Å². The molecule has 0 aliphatic carbocycles. The van der Waals surface area contributed by atoms with E-state index in [2.05, 4.69) is 26.1 Å². The number of rotatable bonds is 5. The van der Waals surface area contributed by atoms with Crippen molar-refractivity contribution in [2.24, 2.45) is 0 Å². The Balaban J connectivity index is 3.38. The average molecular weight is 214 g/mol. The summed E-state index contributed by atoms with van der Waals surface area (Å²) >= 11 is 11.6. The van der Waals surface area contributed by atoms with Crippen LogP contribution in [0.15, 0.2) is 0 Å². The van der Waals surface area contributed by atoms with Gasteiger partial charge >= 0.3 is 0 Å². The van der Waals surface area contributed by atoms with Crippen LogP contribution in [0.25, 0.3) is 0 Å². The molecular weight excluding hydrogens is 199 g/mol. The van der Waals surface area contributed by atoms with Crippen LogP contribution >= 0.6 is 28.1 Å². The van der Waals surface area contributed by atoms with E-state index in [1.807, 2.05) is 11.4 Å². The molecule has 0 spiro atoms. The number of unbranched alkanes of at least 4 members (excludes halogenated alkanes) is 1. The van der Waals surface area contributed by atoms with Crippen molar-refractivity contribution in [2.45, 2.75) is 26.7 Å². The van der Waals surface area contributed by atoms with Gasteiger partial charge in [-0.2, -0.15) is 0 Å². The highest BCUT2D eigenvalue weighted by Crippen LogP contribution is 2.62. The Hall–Kier alpha value is 1.35. The summed E-state index contributed by atoms with van der Waals surface area (Å²) in [5.74, 6) is 1.20. The average Bonchev–Trinajstić information content (AvgIpc) is 1.89. The van der Waals surface area contributed by atoms with Gasteiger partial charge in [0.05, 0.1) is 4.44 Å². The molecule has 0 aliphatic rings. The lowest BCUT2D eigenvalue weighted by atomic mass is 10.4. The SMILES string of the molecule is CCCCSP(=S)(S)CC. The predicted octanol–water partition coefficient (Wildman–Crippen LogP) is 3.78. The third kappa shape index (κ3) is 6.09. The van der Waals surface area contributed by atoms with Gasteiger partial charge in [-0.25, -0.2) is 0 Å². The predicted molar refractivity (Wildman–Crippen MR) is 61.2 cm³/mol. The van der Waals surface area contributed by atoms with Crippen molar-refractivity contribution in [3.05, 3.63) is 0 Å². The zero-order chi connectivity index (χ0) is 8.04. The first-order chi connectivity index (χ1) is 4.62.